The number of halogens is 2. The van der Waals surface area contributed by atoms with Crippen molar-refractivity contribution < 1.29 is 0 Å². The lowest BCUT2D eigenvalue weighted by Gasteiger charge is -1.85. The average molecular weight is 275 g/mol. The molecule has 0 saturated heterocycles. The minimum Gasteiger partial charge on any atom is -0.0883 e. The van der Waals surface area contributed by atoms with E-state index in [2.05, 4.69) is 51.5 Å². The van der Waals surface area contributed by atoms with Crippen molar-refractivity contribution in [3.05, 3.63) is 9.66 Å². The summed E-state index contributed by atoms with van der Waals surface area (Å²) in [4.78, 5) is 0. The molecular formula is C5H8BrI. The van der Waals surface area contributed by atoms with Crippen LogP contribution in [0.25, 0.3) is 0 Å². The Morgan fingerprint density at radius 1 is 1.86 bits per heavy atom. The zero-order valence-electron chi connectivity index (χ0n) is 4.25. The Morgan fingerprint density at radius 2 is 2.43 bits per heavy atom. The first kappa shape index (κ1) is 7.95. The molecule has 0 aromatic carbocycles. The third kappa shape index (κ3) is 4.81. The minimum atomic E-state index is 0.985. The molecule has 0 bridgehead atoms. The van der Waals surface area contributed by atoms with Gasteiger partial charge in [0.2, 0.25) is 0 Å². The van der Waals surface area contributed by atoms with Crippen molar-refractivity contribution in [3.8, 4) is 0 Å². The van der Waals surface area contributed by atoms with Crippen molar-refractivity contribution in [2.45, 2.75) is 13.3 Å². The molecule has 2 heteroatoms. The molecule has 0 radical (unpaired) electrons. The lowest BCUT2D eigenvalue weighted by molar-refractivity contribution is 1.21. The van der Waals surface area contributed by atoms with Gasteiger partial charge in [-0.2, -0.15) is 0 Å². The van der Waals surface area contributed by atoms with E-state index in [4.69, 9.17) is 0 Å². The summed E-state index contributed by atoms with van der Waals surface area (Å²) in [6, 6.07) is 0. The smallest absolute Gasteiger partial charge is 0.0222 e. The van der Waals surface area contributed by atoms with Crippen molar-refractivity contribution in [2.75, 3.05) is 5.33 Å². The van der Waals surface area contributed by atoms with Crippen LogP contribution in [0.5, 0.6) is 0 Å². The quantitative estimate of drug-likeness (QED) is 0.536. The summed E-state index contributed by atoms with van der Waals surface area (Å²) >= 11 is 5.65. The first-order valence-corrected chi connectivity index (χ1v) is 4.41. The molecular weight excluding hydrogens is 267 g/mol. The topological polar surface area (TPSA) is 0 Å². The normalized spacial score (nSPS) is 12.1. The van der Waals surface area contributed by atoms with Gasteiger partial charge in [0.15, 0.2) is 0 Å². The van der Waals surface area contributed by atoms with E-state index in [1.807, 2.05) is 0 Å². The molecule has 7 heavy (non-hydrogen) atoms. The van der Waals surface area contributed by atoms with Crippen LogP contribution >= 0.6 is 38.5 Å². The molecule has 0 saturated carbocycles. The zero-order chi connectivity index (χ0) is 5.70. The van der Waals surface area contributed by atoms with Gasteiger partial charge in [-0.05, 0) is 32.6 Å². The van der Waals surface area contributed by atoms with Gasteiger partial charge in [0.25, 0.3) is 0 Å². The van der Waals surface area contributed by atoms with Gasteiger partial charge < -0.3 is 0 Å². The number of hydrogen-bond donors (Lipinski definition) is 0. The van der Waals surface area contributed by atoms with Crippen LogP contribution < -0.4 is 0 Å². The van der Waals surface area contributed by atoms with Crippen LogP contribution in [-0.2, 0) is 0 Å². The molecule has 0 aliphatic rings. The van der Waals surface area contributed by atoms with Crippen molar-refractivity contribution in [3.63, 3.8) is 0 Å². The van der Waals surface area contributed by atoms with Crippen LogP contribution in [0.1, 0.15) is 13.3 Å². The Balaban J connectivity index is 3.29. The summed E-state index contributed by atoms with van der Waals surface area (Å²) in [6.45, 7) is 2.15. The van der Waals surface area contributed by atoms with Crippen LogP contribution in [0.2, 0.25) is 0 Å². The molecule has 0 atom stereocenters. The molecule has 0 heterocycles. The molecule has 0 aromatic rings. The molecule has 0 unspecified atom stereocenters. The fourth-order valence-electron chi connectivity index (χ4n) is 0.228. The molecule has 0 N–H and O–H groups in total. The van der Waals surface area contributed by atoms with Gasteiger partial charge in [-0.3, -0.25) is 0 Å². The van der Waals surface area contributed by atoms with Gasteiger partial charge in [-0.15, -0.1) is 0 Å². The molecule has 0 amide bonds. The van der Waals surface area contributed by atoms with Crippen molar-refractivity contribution in [2.24, 2.45) is 0 Å². The van der Waals surface area contributed by atoms with Gasteiger partial charge >= 0.3 is 0 Å². The second-order valence-corrected chi connectivity index (χ2v) is 3.19. The molecule has 42 valence electrons. The summed E-state index contributed by atoms with van der Waals surface area (Å²) in [7, 11) is 0. The molecule has 0 aliphatic carbocycles. The molecule has 0 aromatic heterocycles. The average Bonchev–Trinajstić information content (AvgIpc) is 1.68. The molecule has 0 aliphatic heterocycles. The van der Waals surface area contributed by atoms with E-state index in [1.54, 1.807) is 0 Å². The zero-order valence-corrected chi connectivity index (χ0v) is 7.99. The van der Waals surface area contributed by atoms with E-state index in [9.17, 15) is 0 Å². The predicted octanol–water partition coefficient (Wildman–Crippen LogP) is 3.11. The summed E-state index contributed by atoms with van der Waals surface area (Å²) in [6.07, 6.45) is 3.33. The first-order chi connectivity index (χ1) is 3.31. The number of hydrogen-bond acceptors (Lipinski definition) is 0. The number of allylic oxidation sites excluding steroid dienone is 2. The second-order valence-electron chi connectivity index (χ2n) is 1.16. The van der Waals surface area contributed by atoms with Crippen LogP contribution in [0.4, 0.5) is 0 Å². The Morgan fingerprint density at radius 3 is 2.57 bits per heavy atom. The maximum atomic E-state index is 3.31. The summed E-state index contributed by atoms with van der Waals surface area (Å²) in [5, 5.41) is 0.985. The monoisotopic (exact) mass is 274 g/mol. The molecule has 0 spiro atoms. The largest absolute Gasteiger partial charge is 0.0883 e. The third-order valence-corrected chi connectivity index (χ3v) is 2.16. The predicted molar refractivity (Wildman–Crippen MR) is 46.2 cm³/mol. The highest BCUT2D eigenvalue weighted by Crippen LogP contribution is 2.09. The lowest BCUT2D eigenvalue weighted by Crippen LogP contribution is -1.65. The van der Waals surface area contributed by atoms with E-state index in [0.29, 0.717) is 0 Å². The van der Waals surface area contributed by atoms with E-state index < -0.39 is 0 Å². The number of alkyl halides is 1. The minimum absolute atomic E-state index is 0.985. The Bertz CT molecular complexity index is 68.5. The maximum absolute atomic E-state index is 3.31. The van der Waals surface area contributed by atoms with E-state index in [0.717, 1.165) is 11.8 Å². The van der Waals surface area contributed by atoms with Crippen LogP contribution in [-0.4, -0.2) is 5.33 Å². The fraction of sp³-hybridized carbons (Fsp3) is 0.600. The van der Waals surface area contributed by atoms with Gasteiger partial charge in [0.1, 0.15) is 0 Å². The Kier molecular flexibility index (Phi) is 5.79. The lowest BCUT2D eigenvalue weighted by atomic mass is 10.4. The Labute approximate surface area is 66.6 Å². The Hall–Kier alpha value is 0.950. The second kappa shape index (κ2) is 5.09. The standard InChI is InChI=1S/C5H8BrI/c1-2-5(7)3-4-6/h3H,2,4H2,1H3/b5-3+. The van der Waals surface area contributed by atoms with Crippen molar-refractivity contribution >= 4 is 38.5 Å². The van der Waals surface area contributed by atoms with Gasteiger partial charge in [-0.25, -0.2) is 0 Å². The summed E-state index contributed by atoms with van der Waals surface area (Å²) in [5.41, 5.74) is 0. The highest BCUT2D eigenvalue weighted by atomic mass is 127. The molecule has 0 rings (SSSR count). The van der Waals surface area contributed by atoms with Gasteiger partial charge in [-0.1, -0.05) is 28.9 Å². The highest BCUT2D eigenvalue weighted by Gasteiger charge is 1.79. The SMILES string of the molecule is CC/C(I)=C\CBr. The maximum Gasteiger partial charge on any atom is 0.0222 e. The number of rotatable bonds is 2. The van der Waals surface area contributed by atoms with E-state index in [1.165, 1.54) is 3.58 Å². The summed E-state index contributed by atoms with van der Waals surface area (Å²) < 4.78 is 1.43. The first-order valence-electron chi connectivity index (χ1n) is 2.21. The highest BCUT2D eigenvalue weighted by molar-refractivity contribution is 14.1. The third-order valence-electron chi connectivity index (χ3n) is 0.636. The fourth-order valence-corrected chi connectivity index (χ4v) is 1.44. The van der Waals surface area contributed by atoms with Gasteiger partial charge in [0.05, 0.1) is 0 Å². The van der Waals surface area contributed by atoms with E-state index >= 15 is 0 Å². The van der Waals surface area contributed by atoms with Gasteiger partial charge in [0, 0.05) is 5.33 Å². The molecule has 0 fully saturated rings. The van der Waals surface area contributed by atoms with Crippen molar-refractivity contribution in [1.82, 2.24) is 0 Å². The van der Waals surface area contributed by atoms with Crippen LogP contribution in [0, 0.1) is 0 Å². The van der Waals surface area contributed by atoms with Crippen LogP contribution in [0.15, 0.2) is 9.66 Å². The molecule has 0 nitrogen and oxygen atoms in total. The van der Waals surface area contributed by atoms with Crippen LogP contribution in [0.3, 0.4) is 0 Å². The summed E-state index contributed by atoms with van der Waals surface area (Å²) in [5.74, 6) is 0. The van der Waals surface area contributed by atoms with Crippen molar-refractivity contribution in [1.29, 1.82) is 0 Å². The van der Waals surface area contributed by atoms with E-state index in [-0.39, 0.29) is 0 Å².